The van der Waals surface area contributed by atoms with E-state index in [1.54, 1.807) is 31.2 Å². The minimum absolute atomic E-state index is 0.0851. The van der Waals surface area contributed by atoms with Gasteiger partial charge in [0.25, 0.3) is 0 Å². The molecule has 0 amide bonds. The first-order chi connectivity index (χ1) is 15.5. The molecule has 2 atom stereocenters. The summed E-state index contributed by atoms with van der Waals surface area (Å²) in [5.41, 5.74) is 0.0536. The molecule has 176 valence electrons. The van der Waals surface area contributed by atoms with E-state index in [1.807, 2.05) is 0 Å². The van der Waals surface area contributed by atoms with Gasteiger partial charge in [-0.15, -0.1) is 0 Å². The molecule has 2 unspecified atom stereocenters. The summed E-state index contributed by atoms with van der Waals surface area (Å²) < 4.78 is 36.1. The molecular weight excluding hydrogens is 491 g/mol. The van der Waals surface area contributed by atoms with Gasteiger partial charge in [0, 0.05) is 39.0 Å². The smallest absolute Gasteiger partial charge is 0.337 e. The monoisotopic (exact) mass is 512 g/mol. The summed E-state index contributed by atoms with van der Waals surface area (Å²) in [6.07, 6.45) is 3.71. The Balaban J connectivity index is 2.29. The zero-order valence-electron chi connectivity index (χ0n) is 18.0. The summed E-state index contributed by atoms with van der Waals surface area (Å²) in [4.78, 5) is 25.4. The summed E-state index contributed by atoms with van der Waals surface area (Å²) in [7, 11) is -2.34. The van der Waals surface area contributed by atoms with Gasteiger partial charge in [0.1, 0.15) is 0 Å². The van der Waals surface area contributed by atoms with Crippen LogP contribution in [-0.4, -0.2) is 40.3 Å². The maximum absolute atomic E-state index is 13.5. The highest BCUT2D eigenvalue weighted by Gasteiger charge is 2.54. The van der Waals surface area contributed by atoms with Crippen LogP contribution in [-0.2, 0) is 34.6 Å². The Morgan fingerprint density at radius 3 is 2.61 bits per heavy atom. The molecule has 0 saturated heterocycles. The number of carbonyl (C=O) groups is 2. The van der Waals surface area contributed by atoms with Crippen molar-refractivity contribution in [2.24, 2.45) is 0 Å². The summed E-state index contributed by atoms with van der Waals surface area (Å²) in [6.45, 7) is 1.75. The number of anilines is 2. The molecule has 0 spiro atoms. The molecule has 1 aliphatic heterocycles. The number of hydrogen-bond donors (Lipinski definition) is 2. The number of carbonyl (C=O) groups excluding carboxylic acids is 2. The maximum atomic E-state index is 13.5. The highest BCUT2D eigenvalue weighted by atomic mass is 35.5. The van der Waals surface area contributed by atoms with Crippen molar-refractivity contribution in [2.45, 2.75) is 18.4 Å². The van der Waals surface area contributed by atoms with Gasteiger partial charge in [0.15, 0.2) is 5.54 Å². The fourth-order valence-electron chi connectivity index (χ4n) is 3.83. The van der Waals surface area contributed by atoms with Crippen molar-refractivity contribution in [1.82, 2.24) is 0 Å². The number of fused-ring (bicyclic) bond motifs is 1. The predicted molar refractivity (Wildman–Crippen MR) is 127 cm³/mol. The Bertz CT molecular complexity index is 1230. The third-order valence-corrected chi connectivity index (χ3v) is 6.19. The van der Waals surface area contributed by atoms with Gasteiger partial charge in [0.05, 0.1) is 20.0 Å². The second-order valence-corrected chi connectivity index (χ2v) is 9.91. The van der Waals surface area contributed by atoms with Crippen LogP contribution in [0.1, 0.15) is 24.0 Å². The van der Waals surface area contributed by atoms with Gasteiger partial charge in [-0.1, -0.05) is 41.4 Å². The van der Waals surface area contributed by atoms with Crippen molar-refractivity contribution in [3.8, 4) is 0 Å². The lowest BCUT2D eigenvalue weighted by molar-refractivity contribution is -0.149. The van der Waals surface area contributed by atoms with E-state index in [9.17, 15) is 18.0 Å². The van der Waals surface area contributed by atoms with Crippen LogP contribution < -0.4 is 10.0 Å². The zero-order chi connectivity index (χ0) is 24.4. The molecule has 0 bridgehead atoms. The number of sulfonamides is 1. The van der Waals surface area contributed by atoms with Gasteiger partial charge < -0.3 is 14.8 Å². The van der Waals surface area contributed by atoms with Gasteiger partial charge in [-0.3, -0.25) is 4.72 Å². The van der Waals surface area contributed by atoms with E-state index in [-0.39, 0.29) is 17.3 Å². The number of methoxy groups -OCH3 is 1. The normalized spacial score (nSPS) is 19.6. The van der Waals surface area contributed by atoms with Crippen LogP contribution in [0.15, 0.2) is 48.6 Å². The quantitative estimate of drug-likeness (QED) is 0.424. The van der Waals surface area contributed by atoms with Crippen molar-refractivity contribution in [3.63, 3.8) is 0 Å². The summed E-state index contributed by atoms with van der Waals surface area (Å²) in [5.74, 6) is -2.09. The molecule has 11 heteroatoms. The molecule has 33 heavy (non-hydrogen) atoms. The van der Waals surface area contributed by atoms with E-state index in [2.05, 4.69) is 10.0 Å². The third kappa shape index (κ3) is 5.10. The predicted octanol–water partition coefficient (Wildman–Crippen LogP) is 4.06. The number of benzene rings is 2. The standard InChI is InChI=1S/C22H22Cl2N2O6S/c1-4-32-21(28)22(13-6-5-7-15(10-13)26-33(3,29)30)16(8-9-19(27)31-2)20-17(24)11-14(23)12-18(20)25-22/h5-12,16,25-26H,4H2,1-3H3/b9-8-. The van der Waals surface area contributed by atoms with E-state index < -0.39 is 33.4 Å². The lowest BCUT2D eigenvalue weighted by Crippen LogP contribution is -2.45. The van der Waals surface area contributed by atoms with Gasteiger partial charge in [-0.2, -0.15) is 0 Å². The third-order valence-electron chi connectivity index (χ3n) is 5.05. The van der Waals surface area contributed by atoms with E-state index in [0.29, 0.717) is 21.8 Å². The first-order valence-corrected chi connectivity index (χ1v) is 12.5. The lowest BCUT2D eigenvalue weighted by atomic mass is 9.77. The lowest BCUT2D eigenvalue weighted by Gasteiger charge is -2.33. The van der Waals surface area contributed by atoms with Gasteiger partial charge >= 0.3 is 11.9 Å². The van der Waals surface area contributed by atoms with E-state index in [1.165, 1.54) is 31.4 Å². The van der Waals surface area contributed by atoms with Gasteiger partial charge in [0.2, 0.25) is 10.0 Å². The van der Waals surface area contributed by atoms with Crippen LogP contribution in [0, 0.1) is 0 Å². The molecule has 0 aromatic heterocycles. The van der Waals surface area contributed by atoms with E-state index in [4.69, 9.17) is 32.7 Å². The molecular formula is C22H22Cl2N2O6S. The number of rotatable bonds is 7. The van der Waals surface area contributed by atoms with Crippen LogP contribution >= 0.6 is 23.2 Å². The maximum Gasteiger partial charge on any atom is 0.337 e. The van der Waals surface area contributed by atoms with Crippen LogP contribution in [0.2, 0.25) is 10.0 Å². The topological polar surface area (TPSA) is 111 Å². The molecule has 2 N–H and O–H groups in total. The molecule has 0 saturated carbocycles. The molecule has 0 fully saturated rings. The molecule has 1 heterocycles. The van der Waals surface area contributed by atoms with Crippen LogP contribution in [0.4, 0.5) is 11.4 Å². The average molecular weight is 513 g/mol. The fourth-order valence-corrected chi connectivity index (χ4v) is 4.99. The molecule has 0 radical (unpaired) electrons. The van der Waals surface area contributed by atoms with E-state index >= 15 is 0 Å². The van der Waals surface area contributed by atoms with Crippen LogP contribution in [0.3, 0.4) is 0 Å². The minimum atomic E-state index is -3.57. The molecule has 3 rings (SSSR count). The highest BCUT2D eigenvalue weighted by molar-refractivity contribution is 7.92. The average Bonchev–Trinajstić information content (AvgIpc) is 3.06. The number of hydrogen-bond acceptors (Lipinski definition) is 7. The van der Waals surface area contributed by atoms with Crippen molar-refractivity contribution < 1.29 is 27.5 Å². The Morgan fingerprint density at radius 2 is 1.97 bits per heavy atom. The van der Waals surface area contributed by atoms with Gasteiger partial charge in [-0.05, 0) is 36.8 Å². The summed E-state index contributed by atoms with van der Waals surface area (Å²) in [5, 5.41) is 3.81. The van der Waals surface area contributed by atoms with E-state index in [0.717, 1.165) is 6.26 Å². The Morgan fingerprint density at radius 1 is 1.24 bits per heavy atom. The molecule has 1 aliphatic rings. The molecule has 0 aliphatic carbocycles. The summed E-state index contributed by atoms with van der Waals surface area (Å²) in [6, 6.07) is 9.47. The fraction of sp³-hybridized carbons (Fsp3) is 0.273. The van der Waals surface area contributed by atoms with Crippen LogP contribution in [0.5, 0.6) is 0 Å². The van der Waals surface area contributed by atoms with Crippen molar-refractivity contribution in [2.75, 3.05) is 30.0 Å². The largest absolute Gasteiger partial charge is 0.466 e. The first-order valence-electron chi connectivity index (χ1n) is 9.80. The number of halogens is 2. The summed E-state index contributed by atoms with van der Waals surface area (Å²) >= 11 is 12.7. The number of esters is 2. The zero-order valence-corrected chi connectivity index (χ0v) is 20.3. The molecule has 2 aromatic carbocycles. The van der Waals surface area contributed by atoms with Crippen molar-refractivity contribution in [3.05, 3.63) is 69.7 Å². The number of ether oxygens (including phenoxy) is 2. The Labute approximate surface area is 201 Å². The van der Waals surface area contributed by atoms with Crippen LogP contribution in [0.25, 0.3) is 0 Å². The van der Waals surface area contributed by atoms with Gasteiger partial charge in [-0.25, -0.2) is 18.0 Å². The number of nitrogens with one attached hydrogen (secondary N) is 2. The van der Waals surface area contributed by atoms with Crippen molar-refractivity contribution in [1.29, 1.82) is 0 Å². The minimum Gasteiger partial charge on any atom is -0.466 e. The second-order valence-electron chi connectivity index (χ2n) is 7.32. The molecule has 8 nitrogen and oxygen atoms in total. The Kier molecular flexibility index (Phi) is 7.26. The first kappa shape index (κ1) is 24.9. The SMILES string of the molecule is CCOC(=O)C1(c2cccc(NS(C)(=O)=O)c2)Nc2cc(Cl)cc(Cl)c2C1/C=C\C(=O)OC. The van der Waals surface area contributed by atoms with Crippen molar-refractivity contribution >= 4 is 56.5 Å². The molecule has 2 aromatic rings. The Hall–Kier alpha value is -2.75. The second kappa shape index (κ2) is 9.62. The highest BCUT2D eigenvalue weighted by Crippen LogP contribution is 2.53.